The van der Waals surface area contributed by atoms with Gasteiger partial charge in [-0.15, -0.1) is 0 Å². The average Bonchev–Trinajstić information content (AvgIpc) is 2.52. The Kier molecular flexibility index (Phi) is 3.57. The molecule has 5 heteroatoms. The molecule has 1 aromatic rings. The Labute approximate surface area is 81.5 Å². The minimum absolute atomic E-state index is 0.294. The summed E-state index contributed by atoms with van der Waals surface area (Å²) in [6, 6.07) is 0. The van der Waals surface area contributed by atoms with Crippen LogP contribution in [0, 0.1) is 0 Å². The fraction of sp³-hybridized carbons (Fsp3) is 0.667. The quantitative estimate of drug-likeness (QED) is 0.745. The Bertz CT molecular complexity index is 281. The molecule has 0 aliphatic rings. The van der Waals surface area contributed by atoms with Crippen LogP contribution in [0.5, 0.6) is 0 Å². The SMILES string of the molecule is CNCCCc1nc(C(C)(F)F)co1. The van der Waals surface area contributed by atoms with Gasteiger partial charge in [0.1, 0.15) is 12.0 Å². The van der Waals surface area contributed by atoms with Gasteiger partial charge in [-0.2, -0.15) is 8.78 Å². The first-order chi connectivity index (χ1) is 6.54. The van der Waals surface area contributed by atoms with Gasteiger partial charge in [-0.05, 0) is 20.0 Å². The molecule has 3 nitrogen and oxygen atoms in total. The molecule has 0 fully saturated rings. The zero-order valence-corrected chi connectivity index (χ0v) is 8.31. The summed E-state index contributed by atoms with van der Waals surface area (Å²) in [7, 11) is 1.83. The molecule has 1 rings (SSSR count). The summed E-state index contributed by atoms with van der Waals surface area (Å²) in [5.41, 5.74) is -0.294. The highest BCUT2D eigenvalue weighted by atomic mass is 19.3. The lowest BCUT2D eigenvalue weighted by Crippen LogP contribution is -2.09. The molecule has 1 heterocycles. The number of oxazole rings is 1. The van der Waals surface area contributed by atoms with Crippen molar-refractivity contribution < 1.29 is 13.2 Å². The highest BCUT2D eigenvalue weighted by Crippen LogP contribution is 2.25. The number of hydrogen-bond acceptors (Lipinski definition) is 3. The van der Waals surface area contributed by atoms with Crippen molar-refractivity contribution in [2.24, 2.45) is 0 Å². The number of rotatable bonds is 5. The predicted octanol–water partition coefficient (Wildman–Crippen LogP) is 1.94. The summed E-state index contributed by atoms with van der Waals surface area (Å²) in [5.74, 6) is -2.54. The van der Waals surface area contributed by atoms with Crippen LogP contribution in [-0.2, 0) is 12.3 Å². The smallest absolute Gasteiger partial charge is 0.290 e. The maximum atomic E-state index is 12.7. The number of aryl methyl sites for hydroxylation is 1. The molecular weight excluding hydrogens is 190 g/mol. The van der Waals surface area contributed by atoms with Crippen LogP contribution < -0.4 is 5.32 Å². The first kappa shape index (κ1) is 11.1. The van der Waals surface area contributed by atoms with E-state index in [-0.39, 0.29) is 5.69 Å². The maximum absolute atomic E-state index is 12.7. The normalized spacial score (nSPS) is 12.0. The zero-order chi connectivity index (χ0) is 10.6. The summed E-state index contributed by atoms with van der Waals surface area (Å²) in [6.45, 7) is 1.63. The van der Waals surface area contributed by atoms with E-state index in [4.69, 9.17) is 4.42 Å². The molecule has 0 aliphatic heterocycles. The lowest BCUT2D eigenvalue weighted by Gasteiger charge is -2.03. The molecule has 0 saturated heterocycles. The van der Waals surface area contributed by atoms with Gasteiger partial charge < -0.3 is 9.73 Å². The van der Waals surface area contributed by atoms with Crippen LogP contribution in [0.1, 0.15) is 24.9 Å². The molecule has 80 valence electrons. The number of hydrogen-bond donors (Lipinski definition) is 1. The molecule has 0 radical (unpaired) electrons. The van der Waals surface area contributed by atoms with E-state index in [1.54, 1.807) is 0 Å². The maximum Gasteiger partial charge on any atom is 0.290 e. The standard InChI is InChI=1S/C9H14F2N2O/c1-9(10,11)7-6-14-8(13-7)4-3-5-12-2/h6,12H,3-5H2,1-2H3. The second-order valence-corrected chi connectivity index (χ2v) is 3.22. The Morgan fingerprint density at radius 3 is 2.79 bits per heavy atom. The molecule has 0 aromatic carbocycles. The third kappa shape index (κ3) is 3.06. The van der Waals surface area contributed by atoms with E-state index in [0.29, 0.717) is 12.3 Å². The van der Waals surface area contributed by atoms with E-state index in [1.165, 1.54) is 0 Å². The summed E-state index contributed by atoms with van der Waals surface area (Å²) in [4.78, 5) is 3.71. The van der Waals surface area contributed by atoms with Gasteiger partial charge in [0.15, 0.2) is 5.89 Å². The van der Waals surface area contributed by atoms with Crippen LogP contribution in [-0.4, -0.2) is 18.6 Å². The summed E-state index contributed by atoms with van der Waals surface area (Å²) in [6.07, 6.45) is 2.43. The van der Waals surface area contributed by atoms with Gasteiger partial charge in [-0.25, -0.2) is 4.98 Å². The highest BCUT2D eigenvalue weighted by Gasteiger charge is 2.28. The lowest BCUT2D eigenvalue weighted by atomic mass is 10.3. The fourth-order valence-corrected chi connectivity index (χ4v) is 1.04. The number of nitrogens with one attached hydrogen (secondary N) is 1. The second-order valence-electron chi connectivity index (χ2n) is 3.22. The molecule has 1 aromatic heterocycles. The Hall–Kier alpha value is -0.970. The van der Waals surface area contributed by atoms with Gasteiger partial charge in [-0.1, -0.05) is 0 Å². The van der Waals surface area contributed by atoms with E-state index in [2.05, 4.69) is 10.3 Å². The number of nitrogens with zero attached hydrogens (tertiary/aromatic N) is 1. The van der Waals surface area contributed by atoms with Gasteiger partial charge >= 0.3 is 0 Å². The van der Waals surface area contributed by atoms with Crippen molar-refractivity contribution in [1.29, 1.82) is 0 Å². The topological polar surface area (TPSA) is 38.1 Å². The largest absolute Gasteiger partial charge is 0.448 e. The Morgan fingerprint density at radius 2 is 2.29 bits per heavy atom. The van der Waals surface area contributed by atoms with Crippen LogP contribution in [0.4, 0.5) is 8.78 Å². The Balaban J connectivity index is 2.51. The van der Waals surface area contributed by atoms with Crippen molar-refractivity contribution in [2.75, 3.05) is 13.6 Å². The molecule has 0 amide bonds. The molecule has 0 saturated carbocycles. The number of alkyl halides is 2. The van der Waals surface area contributed by atoms with E-state index in [9.17, 15) is 8.78 Å². The summed E-state index contributed by atoms with van der Waals surface area (Å²) in [5, 5.41) is 2.96. The van der Waals surface area contributed by atoms with Crippen LogP contribution in [0.15, 0.2) is 10.7 Å². The van der Waals surface area contributed by atoms with E-state index < -0.39 is 5.92 Å². The van der Waals surface area contributed by atoms with Crippen LogP contribution in [0.3, 0.4) is 0 Å². The van der Waals surface area contributed by atoms with Crippen molar-refractivity contribution >= 4 is 0 Å². The predicted molar refractivity (Wildman–Crippen MR) is 48.3 cm³/mol. The van der Waals surface area contributed by atoms with Crippen LogP contribution in [0.2, 0.25) is 0 Å². The van der Waals surface area contributed by atoms with Crippen LogP contribution in [0.25, 0.3) is 0 Å². The molecular formula is C9H14F2N2O. The highest BCUT2D eigenvalue weighted by molar-refractivity contribution is 5.03. The average molecular weight is 204 g/mol. The molecule has 0 atom stereocenters. The molecule has 14 heavy (non-hydrogen) atoms. The van der Waals surface area contributed by atoms with Gasteiger partial charge in [0.2, 0.25) is 0 Å². The molecule has 0 spiro atoms. The summed E-state index contributed by atoms with van der Waals surface area (Å²) >= 11 is 0. The fourth-order valence-electron chi connectivity index (χ4n) is 1.04. The lowest BCUT2D eigenvalue weighted by molar-refractivity contribution is 0.0126. The molecule has 0 aliphatic carbocycles. The van der Waals surface area contributed by atoms with Crippen molar-refractivity contribution in [2.45, 2.75) is 25.7 Å². The molecule has 0 bridgehead atoms. The second kappa shape index (κ2) is 4.50. The Morgan fingerprint density at radius 1 is 1.57 bits per heavy atom. The number of halogens is 2. The third-order valence-corrected chi connectivity index (χ3v) is 1.82. The monoisotopic (exact) mass is 204 g/mol. The van der Waals surface area contributed by atoms with Crippen molar-refractivity contribution in [3.8, 4) is 0 Å². The van der Waals surface area contributed by atoms with Gasteiger partial charge in [0, 0.05) is 13.3 Å². The first-order valence-electron chi connectivity index (χ1n) is 4.51. The minimum Gasteiger partial charge on any atom is -0.448 e. The number of aromatic nitrogens is 1. The summed E-state index contributed by atoms with van der Waals surface area (Å²) < 4.78 is 30.4. The third-order valence-electron chi connectivity index (χ3n) is 1.82. The van der Waals surface area contributed by atoms with Crippen molar-refractivity contribution in [3.05, 3.63) is 17.8 Å². The minimum atomic E-state index is -2.91. The van der Waals surface area contributed by atoms with Gasteiger partial charge in [0.05, 0.1) is 0 Å². The zero-order valence-electron chi connectivity index (χ0n) is 8.31. The van der Waals surface area contributed by atoms with Crippen LogP contribution >= 0.6 is 0 Å². The van der Waals surface area contributed by atoms with Crippen molar-refractivity contribution in [1.82, 2.24) is 10.3 Å². The van der Waals surface area contributed by atoms with Crippen molar-refractivity contribution in [3.63, 3.8) is 0 Å². The van der Waals surface area contributed by atoms with E-state index in [0.717, 1.165) is 26.2 Å². The van der Waals surface area contributed by atoms with Gasteiger partial charge in [0.25, 0.3) is 5.92 Å². The van der Waals surface area contributed by atoms with E-state index in [1.807, 2.05) is 7.05 Å². The molecule has 1 N–H and O–H groups in total. The first-order valence-corrected chi connectivity index (χ1v) is 4.51. The van der Waals surface area contributed by atoms with E-state index >= 15 is 0 Å². The molecule has 0 unspecified atom stereocenters. The van der Waals surface area contributed by atoms with Gasteiger partial charge in [-0.3, -0.25) is 0 Å².